The van der Waals surface area contributed by atoms with E-state index in [1.165, 1.54) is 0 Å². The Labute approximate surface area is 109 Å². The van der Waals surface area contributed by atoms with Crippen molar-refractivity contribution in [2.24, 2.45) is 10.5 Å². The summed E-state index contributed by atoms with van der Waals surface area (Å²) in [5.74, 6) is 0. The third kappa shape index (κ3) is 3.34. The van der Waals surface area contributed by atoms with Crippen LogP contribution in [0.4, 0.5) is 0 Å². The molecule has 0 spiro atoms. The minimum Gasteiger partial charge on any atom is -0.396 e. The average molecular weight is 261 g/mol. The lowest BCUT2D eigenvalue weighted by Gasteiger charge is -2.30. The van der Waals surface area contributed by atoms with Gasteiger partial charge < -0.3 is 5.11 Å². The molecule has 0 fully saturated rings. The molecule has 2 aromatic rings. The van der Waals surface area contributed by atoms with Gasteiger partial charge in [0.05, 0.1) is 19.7 Å². The predicted octanol–water partition coefficient (Wildman–Crippen LogP) is 1.07. The molecule has 0 saturated heterocycles. The highest BCUT2D eigenvalue weighted by Crippen LogP contribution is 2.22. The molecule has 2 rings (SSSR count). The molecular weight excluding hydrogens is 246 g/mol. The van der Waals surface area contributed by atoms with E-state index < -0.39 is 5.41 Å². The van der Waals surface area contributed by atoms with Gasteiger partial charge in [-0.25, -0.2) is 0 Å². The van der Waals surface area contributed by atoms with E-state index in [9.17, 15) is 5.11 Å². The van der Waals surface area contributed by atoms with Crippen molar-refractivity contribution in [1.29, 1.82) is 0 Å². The van der Waals surface area contributed by atoms with Gasteiger partial charge in [-0.15, -0.1) is 0 Å². The average Bonchev–Trinajstić information content (AvgIpc) is 3.09. The summed E-state index contributed by atoms with van der Waals surface area (Å²) in [6.07, 6.45) is 6.96. The van der Waals surface area contributed by atoms with Crippen LogP contribution in [0.1, 0.15) is 0 Å². The van der Waals surface area contributed by atoms with Crippen LogP contribution < -0.4 is 0 Å². The van der Waals surface area contributed by atoms with Crippen molar-refractivity contribution in [3.63, 3.8) is 0 Å². The maximum atomic E-state index is 9.74. The van der Waals surface area contributed by atoms with Gasteiger partial charge in [-0.1, -0.05) is 5.11 Å². The maximum absolute atomic E-state index is 9.74. The molecule has 8 heteroatoms. The summed E-state index contributed by atoms with van der Waals surface area (Å²) < 4.78 is 3.43. The number of hydrogen-bond donors (Lipinski definition) is 1. The lowest BCUT2D eigenvalue weighted by Crippen LogP contribution is -2.38. The topological polar surface area (TPSA) is 105 Å². The summed E-state index contributed by atoms with van der Waals surface area (Å²) in [6.45, 7) is 0.968. The Morgan fingerprint density at radius 1 is 1.16 bits per heavy atom. The SMILES string of the molecule is [N-]=[N+]=NCC(CO)(Cn1cccn1)Cn1cccn1. The van der Waals surface area contributed by atoms with Crippen LogP contribution in [0.2, 0.25) is 0 Å². The first-order valence-corrected chi connectivity index (χ1v) is 5.85. The molecule has 0 radical (unpaired) electrons. The summed E-state index contributed by atoms with van der Waals surface area (Å²) in [7, 11) is 0. The van der Waals surface area contributed by atoms with E-state index in [-0.39, 0.29) is 13.2 Å². The highest BCUT2D eigenvalue weighted by molar-refractivity contribution is 4.87. The molecule has 0 saturated carbocycles. The van der Waals surface area contributed by atoms with E-state index in [0.29, 0.717) is 13.1 Å². The molecule has 0 aliphatic heterocycles. The first-order chi connectivity index (χ1) is 9.28. The van der Waals surface area contributed by atoms with Gasteiger partial charge >= 0.3 is 0 Å². The maximum Gasteiger partial charge on any atom is 0.0524 e. The zero-order valence-corrected chi connectivity index (χ0v) is 10.4. The molecule has 0 aliphatic carbocycles. The predicted molar refractivity (Wildman–Crippen MR) is 68.0 cm³/mol. The van der Waals surface area contributed by atoms with E-state index in [0.717, 1.165) is 0 Å². The minimum atomic E-state index is -0.621. The summed E-state index contributed by atoms with van der Waals surface area (Å²) >= 11 is 0. The second-order valence-electron chi connectivity index (χ2n) is 4.45. The summed E-state index contributed by atoms with van der Waals surface area (Å²) in [5.41, 5.74) is 7.89. The van der Waals surface area contributed by atoms with Gasteiger partial charge in [0.2, 0.25) is 0 Å². The molecule has 2 heterocycles. The largest absolute Gasteiger partial charge is 0.396 e. The highest BCUT2D eigenvalue weighted by atomic mass is 16.3. The summed E-state index contributed by atoms with van der Waals surface area (Å²) in [4.78, 5) is 2.78. The van der Waals surface area contributed by atoms with Crippen LogP contribution in [0.15, 0.2) is 42.0 Å². The number of nitrogens with zero attached hydrogens (tertiary/aromatic N) is 7. The molecule has 100 valence electrons. The molecular formula is C11H15N7O. The van der Waals surface area contributed by atoms with Gasteiger partial charge in [0.15, 0.2) is 0 Å². The highest BCUT2D eigenvalue weighted by Gasteiger charge is 2.30. The van der Waals surface area contributed by atoms with Crippen LogP contribution >= 0.6 is 0 Å². The summed E-state index contributed by atoms with van der Waals surface area (Å²) in [6, 6.07) is 3.62. The number of aliphatic hydroxyl groups excluding tert-OH is 1. The molecule has 0 aliphatic rings. The normalized spacial score (nSPS) is 11.2. The fourth-order valence-corrected chi connectivity index (χ4v) is 1.96. The standard InChI is InChI=1S/C11H15N7O/c12-16-13-7-11(10-19,8-17-5-1-3-14-17)9-18-6-2-4-15-18/h1-6,19H,7-10H2. The van der Waals surface area contributed by atoms with Gasteiger partial charge in [-0.2, -0.15) is 10.2 Å². The van der Waals surface area contributed by atoms with E-state index in [2.05, 4.69) is 20.2 Å². The van der Waals surface area contributed by atoms with Crippen molar-refractivity contribution in [3.8, 4) is 0 Å². The van der Waals surface area contributed by atoms with Crippen LogP contribution in [0.25, 0.3) is 10.4 Å². The van der Waals surface area contributed by atoms with Crippen molar-refractivity contribution in [1.82, 2.24) is 19.6 Å². The Morgan fingerprint density at radius 3 is 2.11 bits per heavy atom. The van der Waals surface area contributed by atoms with Crippen molar-refractivity contribution in [3.05, 3.63) is 47.4 Å². The second kappa shape index (κ2) is 6.03. The molecule has 1 N–H and O–H groups in total. The molecule has 0 amide bonds. The Bertz CT molecular complexity index is 491. The molecule has 19 heavy (non-hydrogen) atoms. The van der Waals surface area contributed by atoms with Crippen molar-refractivity contribution in [2.45, 2.75) is 13.1 Å². The number of hydrogen-bond acceptors (Lipinski definition) is 4. The summed E-state index contributed by atoms with van der Waals surface area (Å²) in [5, 5.41) is 21.6. The molecule has 8 nitrogen and oxygen atoms in total. The van der Waals surface area contributed by atoms with Crippen LogP contribution in [0, 0.1) is 5.41 Å². The van der Waals surface area contributed by atoms with E-state index in [4.69, 9.17) is 5.53 Å². The van der Waals surface area contributed by atoms with E-state index >= 15 is 0 Å². The van der Waals surface area contributed by atoms with Gasteiger partial charge in [0.25, 0.3) is 0 Å². The monoisotopic (exact) mass is 261 g/mol. The zero-order chi connectivity index (χ0) is 13.6. The van der Waals surface area contributed by atoms with Crippen LogP contribution in [-0.4, -0.2) is 37.8 Å². The van der Waals surface area contributed by atoms with E-state index in [1.807, 2.05) is 24.5 Å². The lowest BCUT2D eigenvalue weighted by molar-refractivity contribution is 0.0859. The van der Waals surface area contributed by atoms with Gasteiger partial charge in [-0.3, -0.25) is 9.36 Å². The minimum absolute atomic E-state index is 0.119. The molecule has 0 atom stereocenters. The zero-order valence-electron chi connectivity index (χ0n) is 10.4. The fourth-order valence-electron chi connectivity index (χ4n) is 1.96. The molecule has 0 aromatic carbocycles. The first kappa shape index (κ1) is 13.1. The van der Waals surface area contributed by atoms with Gasteiger partial charge in [0, 0.05) is 41.7 Å². The van der Waals surface area contributed by atoms with Crippen molar-refractivity contribution >= 4 is 0 Å². The van der Waals surface area contributed by atoms with Crippen LogP contribution in [-0.2, 0) is 13.1 Å². The van der Waals surface area contributed by atoms with E-state index in [1.54, 1.807) is 21.8 Å². The van der Waals surface area contributed by atoms with Crippen molar-refractivity contribution < 1.29 is 5.11 Å². The van der Waals surface area contributed by atoms with Gasteiger partial charge in [-0.05, 0) is 17.7 Å². The number of rotatable bonds is 7. The number of azide groups is 1. The Morgan fingerprint density at radius 2 is 1.74 bits per heavy atom. The van der Waals surface area contributed by atoms with Crippen LogP contribution in [0.3, 0.4) is 0 Å². The molecule has 2 aromatic heterocycles. The second-order valence-corrected chi connectivity index (χ2v) is 4.45. The molecule has 0 unspecified atom stereocenters. The van der Waals surface area contributed by atoms with Crippen LogP contribution in [0.5, 0.6) is 0 Å². The Balaban J connectivity index is 2.21. The Kier molecular flexibility index (Phi) is 4.17. The number of aromatic nitrogens is 4. The fraction of sp³-hybridized carbons (Fsp3) is 0.455. The Hall–Kier alpha value is -2.31. The number of aliphatic hydroxyl groups is 1. The quantitative estimate of drug-likeness (QED) is 0.457. The van der Waals surface area contributed by atoms with Gasteiger partial charge in [0.1, 0.15) is 0 Å². The smallest absolute Gasteiger partial charge is 0.0524 e. The lowest BCUT2D eigenvalue weighted by atomic mass is 9.89. The third-order valence-corrected chi connectivity index (χ3v) is 2.92. The first-order valence-electron chi connectivity index (χ1n) is 5.85. The third-order valence-electron chi connectivity index (χ3n) is 2.92. The van der Waals surface area contributed by atoms with Crippen molar-refractivity contribution in [2.75, 3.05) is 13.2 Å². The molecule has 0 bridgehead atoms.